The number of fused-ring (bicyclic) bond motifs is 1. The van der Waals surface area contributed by atoms with Crippen molar-refractivity contribution in [3.05, 3.63) is 96.3 Å². The highest BCUT2D eigenvalue weighted by atomic mass is 32.1. The lowest BCUT2D eigenvalue weighted by Crippen LogP contribution is -2.26. The number of nitrogens with two attached hydrogens (primary N) is 1. The number of hydrogen-bond acceptors (Lipinski definition) is 4. The second-order valence-corrected chi connectivity index (χ2v) is 6.91. The molecule has 0 saturated heterocycles. The third-order valence-corrected chi connectivity index (χ3v) is 4.58. The van der Waals surface area contributed by atoms with Gasteiger partial charge in [-0.25, -0.2) is 0 Å². The third-order valence-electron chi connectivity index (χ3n) is 4.49. The van der Waals surface area contributed by atoms with Crippen LogP contribution in [-0.4, -0.2) is 20.8 Å². The molecule has 29 heavy (non-hydrogen) atoms. The van der Waals surface area contributed by atoms with Crippen LogP contribution in [0.25, 0.3) is 22.2 Å². The van der Waals surface area contributed by atoms with Crippen LogP contribution in [0.4, 0.5) is 0 Å². The second kappa shape index (κ2) is 8.58. The lowest BCUT2D eigenvalue weighted by atomic mass is 10.0. The van der Waals surface area contributed by atoms with Gasteiger partial charge in [0.15, 0.2) is 5.11 Å². The number of thiocarbonyl (C=S) groups is 1. The summed E-state index contributed by atoms with van der Waals surface area (Å²) in [5.74, 6) is 0. The van der Waals surface area contributed by atoms with E-state index in [-0.39, 0.29) is 5.11 Å². The van der Waals surface area contributed by atoms with Crippen molar-refractivity contribution in [3.8, 4) is 11.4 Å². The molecule has 2 heterocycles. The van der Waals surface area contributed by atoms with Crippen LogP contribution in [0.3, 0.4) is 0 Å². The van der Waals surface area contributed by atoms with Crippen LogP contribution < -0.4 is 11.2 Å². The SMILES string of the molecule is NC(=S)NN=C(Cc1nc(-c2ccccn2)cc2ccccc12)c1ccccc1. The maximum atomic E-state index is 5.59. The Kier molecular flexibility index (Phi) is 5.54. The van der Waals surface area contributed by atoms with Crippen LogP contribution in [0.2, 0.25) is 0 Å². The van der Waals surface area contributed by atoms with E-state index in [0.717, 1.165) is 39.1 Å². The lowest BCUT2D eigenvalue weighted by Gasteiger charge is -2.12. The summed E-state index contributed by atoms with van der Waals surface area (Å²) in [6.45, 7) is 0. The monoisotopic (exact) mass is 397 g/mol. The van der Waals surface area contributed by atoms with Gasteiger partial charge >= 0.3 is 0 Å². The van der Waals surface area contributed by atoms with Crippen LogP contribution in [0.15, 0.2) is 90.2 Å². The van der Waals surface area contributed by atoms with Crippen LogP contribution in [0.5, 0.6) is 0 Å². The zero-order valence-electron chi connectivity index (χ0n) is 15.6. The average molecular weight is 398 g/mol. The average Bonchev–Trinajstić information content (AvgIpc) is 2.77. The first-order chi connectivity index (χ1) is 14.2. The molecule has 0 aliphatic rings. The van der Waals surface area contributed by atoms with Crippen molar-refractivity contribution >= 4 is 33.8 Å². The lowest BCUT2D eigenvalue weighted by molar-refractivity contribution is 1.01. The molecule has 0 spiro atoms. The predicted molar refractivity (Wildman–Crippen MR) is 122 cm³/mol. The minimum atomic E-state index is 0.124. The Morgan fingerprint density at radius 2 is 1.69 bits per heavy atom. The summed E-state index contributed by atoms with van der Waals surface area (Å²) in [5.41, 5.74) is 12.7. The van der Waals surface area contributed by atoms with Gasteiger partial charge in [0.05, 0.1) is 22.8 Å². The summed E-state index contributed by atoms with van der Waals surface area (Å²) in [5, 5.41) is 6.75. The number of hydrazone groups is 1. The van der Waals surface area contributed by atoms with Crippen molar-refractivity contribution in [2.24, 2.45) is 10.8 Å². The largest absolute Gasteiger partial charge is 0.375 e. The summed E-state index contributed by atoms with van der Waals surface area (Å²) in [6, 6.07) is 26.0. The molecule has 4 aromatic rings. The van der Waals surface area contributed by atoms with Crippen LogP contribution in [0, 0.1) is 0 Å². The summed E-state index contributed by atoms with van der Waals surface area (Å²) in [6.07, 6.45) is 2.29. The van der Waals surface area contributed by atoms with E-state index in [0.29, 0.717) is 6.42 Å². The molecule has 5 nitrogen and oxygen atoms in total. The van der Waals surface area contributed by atoms with Crippen molar-refractivity contribution < 1.29 is 0 Å². The van der Waals surface area contributed by atoms with Gasteiger partial charge in [0.25, 0.3) is 0 Å². The fraction of sp³-hybridized carbons (Fsp3) is 0.0435. The number of aromatic nitrogens is 2. The molecule has 0 atom stereocenters. The summed E-state index contributed by atoms with van der Waals surface area (Å²) in [4.78, 5) is 9.38. The zero-order valence-corrected chi connectivity index (χ0v) is 16.4. The molecule has 0 fully saturated rings. The van der Waals surface area contributed by atoms with Crippen molar-refractivity contribution in [1.29, 1.82) is 0 Å². The van der Waals surface area contributed by atoms with E-state index >= 15 is 0 Å². The molecule has 0 unspecified atom stereocenters. The van der Waals surface area contributed by atoms with E-state index in [1.165, 1.54) is 0 Å². The van der Waals surface area contributed by atoms with Gasteiger partial charge in [0.2, 0.25) is 0 Å². The summed E-state index contributed by atoms with van der Waals surface area (Å²) >= 11 is 4.93. The molecule has 4 rings (SSSR count). The first-order valence-electron chi connectivity index (χ1n) is 9.18. The van der Waals surface area contributed by atoms with Gasteiger partial charge in [-0.05, 0) is 41.4 Å². The Bertz CT molecular complexity index is 1170. The number of hydrogen-bond donors (Lipinski definition) is 2. The van der Waals surface area contributed by atoms with E-state index in [2.05, 4.69) is 33.7 Å². The zero-order chi connectivity index (χ0) is 20.1. The van der Waals surface area contributed by atoms with Crippen molar-refractivity contribution in [3.63, 3.8) is 0 Å². The molecule has 0 bridgehead atoms. The van der Waals surface area contributed by atoms with Gasteiger partial charge in [-0.1, -0.05) is 60.7 Å². The molecule has 0 aliphatic heterocycles. The molecular formula is C23H19N5S. The standard InChI is InChI=1S/C23H19N5S/c24-23(29)28-27-20(16-8-2-1-3-9-16)15-21-18-11-5-4-10-17(18)14-22(26-21)19-12-6-7-13-25-19/h1-14H,15H2,(H3,24,28,29). The first kappa shape index (κ1) is 18.7. The van der Waals surface area contributed by atoms with E-state index in [9.17, 15) is 0 Å². The number of pyridine rings is 2. The van der Waals surface area contributed by atoms with E-state index in [1.807, 2.05) is 60.7 Å². The minimum absolute atomic E-state index is 0.124. The number of nitrogens with zero attached hydrogens (tertiary/aromatic N) is 3. The molecule has 2 aromatic carbocycles. The highest BCUT2D eigenvalue weighted by molar-refractivity contribution is 7.80. The minimum Gasteiger partial charge on any atom is -0.375 e. The molecule has 0 saturated carbocycles. The predicted octanol–water partition coefficient (Wildman–Crippen LogP) is 4.08. The Balaban J connectivity index is 1.83. The molecule has 6 heteroatoms. The van der Waals surface area contributed by atoms with E-state index < -0.39 is 0 Å². The maximum absolute atomic E-state index is 5.59. The Hall–Kier alpha value is -3.64. The van der Waals surface area contributed by atoms with E-state index in [1.54, 1.807) is 6.20 Å². The fourth-order valence-corrected chi connectivity index (χ4v) is 3.21. The summed E-state index contributed by atoms with van der Waals surface area (Å²) in [7, 11) is 0. The van der Waals surface area contributed by atoms with Crippen LogP contribution in [0.1, 0.15) is 11.3 Å². The van der Waals surface area contributed by atoms with Gasteiger partial charge in [-0.2, -0.15) is 5.10 Å². The molecule has 142 valence electrons. The van der Waals surface area contributed by atoms with Gasteiger partial charge in [0.1, 0.15) is 0 Å². The van der Waals surface area contributed by atoms with Crippen molar-refractivity contribution in [1.82, 2.24) is 15.4 Å². The third kappa shape index (κ3) is 4.44. The first-order valence-corrected chi connectivity index (χ1v) is 9.59. The maximum Gasteiger partial charge on any atom is 0.184 e. The van der Waals surface area contributed by atoms with Gasteiger partial charge in [0, 0.05) is 18.0 Å². The molecule has 0 radical (unpaired) electrons. The van der Waals surface area contributed by atoms with Crippen LogP contribution >= 0.6 is 12.2 Å². The number of benzene rings is 2. The molecule has 0 aliphatic carbocycles. The molecule has 2 aromatic heterocycles. The Morgan fingerprint density at radius 3 is 2.45 bits per heavy atom. The molecule has 0 amide bonds. The van der Waals surface area contributed by atoms with Crippen molar-refractivity contribution in [2.75, 3.05) is 0 Å². The van der Waals surface area contributed by atoms with E-state index in [4.69, 9.17) is 22.9 Å². The number of rotatable bonds is 5. The van der Waals surface area contributed by atoms with Gasteiger partial charge < -0.3 is 5.73 Å². The van der Waals surface area contributed by atoms with Crippen molar-refractivity contribution in [2.45, 2.75) is 6.42 Å². The fourth-order valence-electron chi connectivity index (χ4n) is 3.17. The topological polar surface area (TPSA) is 76.2 Å². The molecular weight excluding hydrogens is 378 g/mol. The number of nitrogens with one attached hydrogen (secondary N) is 1. The smallest absolute Gasteiger partial charge is 0.184 e. The van der Waals surface area contributed by atoms with Gasteiger partial charge in [-0.15, -0.1) is 0 Å². The van der Waals surface area contributed by atoms with Gasteiger partial charge in [-0.3, -0.25) is 15.4 Å². The van der Waals surface area contributed by atoms with Crippen LogP contribution in [-0.2, 0) is 6.42 Å². The highest BCUT2D eigenvalue weighted by Crippen LogP contribution is 2.25. The Morgan fingerprint density at radius 1 is 0.931 bits per heavy atom. The quantitative estimate of drug-likeness (QED) is 0.301. The summed E-state index contributed by atoms with van der Waals surface area (Å²) < 4.78 is 0. The highest BCUT2D eigenvalue weighted by Gasteiger charge is 2.13. The second-order valence-electron chi connectivity index (χ2n) is 6.47. The molecule has 3 N–H and O–H groups in total. The normalized spacial score (nSPS) is 11.4. The Labute approximate surface area is 174 Å².